The molecule has 2 aromatic carbocycles. The van der Waals surface area contributed by atoms with Gasteiger partial charge in [0.05, 0.1) is 38.2 Å². The number of fused-ring (bicyclic) bond motifs is 1. The molecule has 0 saturated carbocycles. The second-order valence-electron chi connectivity index (χ2n) is 7.22. The zero-order valence-corrected chi connectivity index (χ0v) is 17.8. The second-order valence-corrected chi connectivity index (χ2v) is 7.22. The third-order valence-electron chi connectivity index (χ3n) is 4.84. The summed E-state index contributed by atoms with van der Waals surface area (Å²) >= 11 is 0. The lowest BCUT2D eigenvalue weighted by molar-refractivity contribution is -0.117. The van der Waals surface area contributed by atoms with Crippen molar-refractivity contribution >= 4 is 22.5 Å². The topological polar surface area (TPSA) is 96.5 Å². The number of carbonyl (C=O) groups excluding carboxylic acids is 1. The van der Waals surface area contributed by atoms with E-state index in [2.05, 4.69) is 15.3 Å². The van der Waals surface area contributed by atoms with Crippen molar-refractivity contribution < 1.29 is 14.3 Å². The van der Waals surface area contributed by atoms with Crippen LogP contribution in [0.15, 0.2) is 35.1 Å². The first-order chi connectivity index (χ1) is 14.3. The van der Waals surface area contributed by atoms with E-state index in [1.165, 1.54) is 14.2 Å². The molecule has 0 aliphatic carbocycles. The Morgan fingerprint density at radius 3 is 2.40 bits per heavy atom. The number of aryl methyl sites for hydroxylation is 2. The molecule has 0 spiro atoms. The van der Waals surface area contributed by atoms with Crippen LogP contribution < -0.4 is 20.3 Å². The van der Waals surface area contributed by atoms with Crippen molar-refractivity contribution in [2.75, 3.05) is 33.1 Å². The Morgan fingerprint density at radius 1 is 1.13 bits per heavy atom. The lowest BCUT2D eigenvalue weighted by Crippen LogP contribution is -2.31. The number of hydrogen-bond donors (Lipinski definition) is 2. The average Bonchev–Trinajstić information content (AvgIpc) is 2.69. The van der Waals surface area contributed by atoms with Crippen LogP contribution in [-0.2, 0) is 11.3 Å². The molecule has 3 aromatic rings. The highest BCUT2D eigenvalue weighted by molar-refractivity contribution is 5.93. The van der Waals surface area contributed by atoms with Gasteiger partial charge < -0.3 is 19.8 Å². The maximum absolute atomic E-state index is 12.5. The van der Waals surface area contributed by atoms with Crippen LogP contribution in [0.1, 0.15) is 17.0 Å². The molecule has 0 atom stereocenters. The highest BCUT2D eigenvalue weighted by Crippen LogP contribution is 2.29. The van der Waals surface area contributed by atoms with Gasteiger partial charge in [0.2, 0.25) is 5.91 Å². The number of hydrogen-bond acceptors (Lipinski definition) is 6. The monoisotopic (exact) mass is 410 g/mol. The van der Waals surface area contributed by atoms with E-state index in [9.17, 15) is 9.59 Å². The van der Waals surface area contributed by atoms with Crippen LogP contribution in [0.25, 0.3) is 10.9 Å². The number of rotatable bonds is 7. The van der Waals surface area contributed by atoms with Crippen molar-refractivity contribution in [2.45, 2.75) is 20.4 Å². The van der Waals surface area contributed by atoms with Crippen LogP contribution in [0.5, 0.6) is 11.5 Å². The number of benzene rings is 2. The summed E-state index contributed by atoms with van der Waals surface area (Å²) in [6, 6.07) is 9.14. The summed E-state index contributed by atoms with van der Waals surface area (Å²) in [6.45, 7) is 4.37. The molecule has 1 heterocycles. The number of carbonyl (C=O) groups is 1. The molecular weight excluding hydrogens is 384 g/mol. The number of aromatic amines is 1. The van der Waals surface area contributed by atoms with Gasteiger partial charge in [-0.15, -0.1) is 0 Å². The van der Waals surface area contributed by atoms with Gasteiger partial charge in [-0.1, -0.05) is 18.2 Å². The minimum atomic E-state index is -0.274. The van der Waals surface area contributed by atoms with Gasteiger partial charge in [0, 0.05) is 11.8 Å². The number of nitrogens with zero attached hydrogens (tertiary/aromatic N) is 2. The number of para-hydroxylation sites is 1. The predicted molar refractivity (Wildman–Crippen MR) is 116 cm³/mol. The number of H-pyrrole nitrogens is 1. The number of ether oxygens (including phenoxy) is 2. The Kier molecular flexibility index (Phi) is 6.37. The SMILES string of the molecule is COc1cc2nc(CN(C)CC(=O)Nc3c(C)cccc3C)[nH]c(=O)c2cc1OC. The fourth-order valence-electron chi connectivity index (χ4n) is 3.34. The minimum absolute atomic E-state index is 0.135. The first-order valence-electron chi connectivity index (χ1n) is 9.52. The fourth-order valence-corrected chi connectivity index (χ4v) is 3.34. The van der Waals surface area contributed by atoms with E-state index >= 15 is 0 Å². The number of methoxy groups -OCH3 is 2. The standard InChI is InChI=1S/C22H26N4O4/c1-13-7-6-8-14(2)21(13)25-20(27)12-26(3)11-19-23-16-10-18(30-5)17(29-4)9-15(16)22(28)24-19/h6-10H,11-12H2,1-5H3,(H,25,27)(H,23,24,28). The lowest BCUT2D eigenvalue weighted by Gasteiger charge is -2.17. The summed E-state index contributed by atoms with van der Waals surface area (Å²) in [7, 11) is 4.83. The maximum atomic E-state index is 12.5. The molecule has 30 heavy (non-hydrogen) atoms. The zero-order chi connectivity index (χ0) is 21.8. The third kappa shape index (κ3) is 4.60. The molecule has 3 rings (SSSR count). The van der Waals surface area contributed by atoms with Crippen molar-refractivity contribution in [2.24, 2.45) is 0 Å². The minimum Gasteiger partial charge on any atom is -0.493 e. The summed E-state index contributed by atoms with van der Waals surface area (Å²) in [6.07, 6.45) is 0. The molecule has 0 fully saturated rings. The Morgan fingerprint density at radius 2 is 1.77 bits per heavy atom. The molecule has 0 unspecified atom stereocenters. The molecule has 8 heteroatoms. The van der Waals surface area contributed by atoms with Gasteiger partial charge in [0.1, 0.15) is 5.82 Å². The van der Waals surface area contributed by atoms with Gasteiger partial charge in [-0.3, -0.25) is 14.5 Å². The Labute approximate surface area is 174 Å². The van der Waals surface area contributed by atoms with Crippen LogP contribution in [0.2, 0.25) is 0 Å². The molecule has 2 N–H and O–H groups in total. The van der Waals surface area contributed by atoms with E-state index in [1.54, 1.807) is 24.1 Å². The molecular formula is C22H26N4O4. The Balaban J connectivity index is 1.75. The van der Waals surface area contributed by atoms with E-state index < -0.39 is 0 Å². The first kappa shape index (κ1) is 21.3. The predicted octanol–water partition coefficient (Wildman–Crippen LogP) is 2.63. The second kappa shape index (κ2) is 8.96. The van der Waals surface area contributed by atoms with Gasteiger partial charge in [0.15, 0.2) is 11.5 Å². The zero-order valence-electron chi connectivity index (χ0n) is 17.8. The van der Waals surface area contributed by atoms with Gasteiger partial charge in [-0.25, -0.2) is 4.98 Å². The van der Waals surface area contributed by atoms with E-state index in [1.807, 2.05) is 32.0 Å². The summed E-state index contributed by atoms with van der Waals surface area (Å²) in [5.41, 5.74) is 3.07. The van der Waals surface area contributed by atoms with E-state index in [0.29, 0.717) is 34.8 Å². The van der Waals surface area contributed by atoms with Gasteiger partial charge >= 0.3 is 0 Å². The summed E-state index contributed by atoms with van der Waals surface area (Å²) < 4.78 is 10.5. The third-order valence-corrected chi connectivity index (χ3v) is 4.84. The van der Waals surface area contributed by atoms with Crippen molar-refractivity contribution in [3.05, 3.63) is 57.6 Å². The van der Waals surface area contributed by atoms with E-state index in [-0.39, 0.29) is 18.0 Å². The summed E-state index contributed by atoms with van der Waals surface area (Å²) in [5.74, 6) is 1.28. The summed E-state index contributed by atoms with van der Waals surface area (Å²) in [5, 5.41) is 3.37. The first-order valence-corrected chi connectivity index (χ1v) is 9.52. The normalized spacial score (nSPS) is 11.0. The van der Waals surface area contributed by atoms with Crippen LogP contribution in [0, 0.1) is 13.8 Å². The smallest absolute Gasteiger partial charge is 0.258 e. The van der Waals surface area contributed by atoms with Gasteiger partial charge in [0.25, 0.3) is 5.56 Å². The largest absolute Gasteiger partial charge is 0.493 e. The molecule has 0 aliphatic rings. The molecule has 158 valence electrons. The van der Waals surface area contributed by atoms with Gasteiger partial charge in [-0.05, 0) is 38.1 Å². The summed E-state index contributed by atoms with van der Waals surface area (Å²) in [4.78, 5) is 34.0. The van der Waals surface area contributed by atoms with Crippen LogP contribution in [0.4, 0.5) is 5.69 Å². The van der Waals surface area contributed by atoms with Crippen molar-refractivity contribution in [1.82, 2.24) is 14.9 Å². The highest BCUT2D eigenvalue weighted by atomic mass is 16.5. The number of amides is 1. The Bertz CT molecular complexity index is 1120. The average molecular weight is 410 g/mol. The van der Waals surface area contributed by atoms with Crippen molar-refractivity contribution in [3.63, 3.8) is 0 Å². The number of likely N-dealkylation sites (N-methyl/N-ethyl adjacent to an activating group) is 1. The fraction of sp³-hybridized carbons (Fsp3) is 0.318. The highest BCUT2D eigenvalue weighted by Gasteiger charge is 2.14. The molecule has 0 saturated heterocycles. The Hall–Kier alpha value is -3.39. The van der Waals surface area contributed by atoms with Crippen molar-refractivity contribution in [3.8, 4) is 11.5 Å². The number of aromatic nitrogens is 2. The molecule has 0 radical (unpaired) electrons. The number of nitrogens with one attached hydrogen (secondary N) is 2. The molecule has 0 aliphatic heterocycles. The lowest BCUT2D eigenvalue weighted by atomic mass is 10.1. The molecule has 8 nitrogen and oxygen atoms in total. The molecule has 1 amide bonds. The number of anilines is 1. The van der Waals surface area contributed by atoms with E-state index in [4.69, 9.17) is 9.47 Å². The van der Waals surface area contributed by atoms with Crippen LogP contribution in [-0.4, -0.2) is 48.6 Å². The van der Waals surface area contributed by atoms with Crippen LogP contribution >= 0.6 is 0 Å². The van der Waals surface area contributed by atoms with Crippen molar-refractivity contribution in [1.29, 1.82) is 0 Å². The maximum Gasteiger partial charge on any atom is 0.258 e. The van der Waals surface area contributed by atoms with Gasteiger partial charge in [-0.2, -0.15) is 0 Å². The van der Waals surface area contributed by atoms with Crippen LogP contribution in [0.3, 0.4) is 0 Å². The van der Waals surface area contributed by atoms with E-state index in [0.717, 1.165) is 16.8 Å². The molecule has 0 bridgehead atoms. The molecule has 1 aromatic heterocycles. The quantitative estimate of drug-likeness (QED) is 0.622.